The van der Waals surface area contributed by atoms with Crippen molar-refractivity contribution in [2.75, 3.05) is 5.32 Å². The number of thiophene rings is 1. The van der Waals surface area contributed by atoms with Crippen LogP contribution in [0.2, 0.25) is 0 Å². The molecule has 1 unspecified atom stereocenters. The van der Waals surface area contributed by atoms with Gasteiger partial charge in [0, 0.05) is 23.0 Å². The molecule has 20 heavy (non-hydrogen) atoms. The minimum Gasteiger partial charge on any atom is -0.348 e. The van der Waals surface area contributed by atoms with E-state index in [4.69, 9.17) is 0 Å². The van der Waals surface area contributed by atoms with Gasteiger partial charge in [0.05, 0.1) is 6.04 Å². The molecule has 1 N–H and O–H groups in total. The van der Waals surface area contributed by atoms with Crippen molar-refractivity contribution >= 4 is 17.3 Å². The molecular weight excluding hydrogens is 266 g/mol. The zero-order valence-electron chi connectivity index (χ0n) is 11.4. The molecule has 3 aromatic rings. The lowest BCUT2D eigenvalue weighted by Crippen LogP contribution is -2.12. The number of para-hydroxylation sites is 1. The molecule has 0 aliphatic heterocycles. The second kappa shape index (κ2) is 5.92. The molecule has 1 aromatic carbocycles. The van der Waals surface area contributed by atoms with Gasteiger partial charge in [-0.2, -0.15) is 0 Å². The van der Waals surface area contributed by atoms with Crippen molar-refractivity contribution in [1.29, 1.82) is 0 Å². The van der Waals surface area contributed by atoms with Gasteiger partial charge in [0.2, 0.25) is 5.95 Å². The summed E-state index contributed by atoms with van der Waals surface area (Å²) in [7, 11) is 0. The number of hydrogen-bond acceptors (Lipinski definition) is 3. The molecule has 102 valence electrons. The second-order valence-corrected chi connectivity index (χ2v) is 5.56. The normalized spacial score (nSPS) is 12.2. The van der Waals surface area contributed by atoms with Gasteiger partial charge in [0.15, 0.2) is 0 Å². The molecule has 0 fully saturated rings. The number of hydrogen-bond donors (Lipinski definition) is 1. The number of nitrogens with zero attached hydrogens (tertiary/aromatic N) is 2. The van der Waals surface area contributed by atoms with E-state index in [0.717, 1.165) is 18.1 Å². The number of nitrogens with one attached hydrogen (secondary N) is 1. The fourth-order valence-electron chi connectivity index (χ4n) is 2.23. The molecule has 3 nitrogen and oxygen atoms in total. The summed E-state index contributed by atoms with van der Waals surface area (Å²) in [6.07, 6.45) is 4.84. The zero-order chi connectivity index (χ0) is 13.8. The van der Waals surface area contributed by atoms with Crippen molar-refractivity contribution in [1.82, 2.24) is 9.55 Å². The molecule has 0 amide bonds. The Kier molecular flexibility index (Phi) is 3.83. The SMILES string of the molecule is CCC(Nc1nccn1-c1ccccc1)c1cccs1. The first kappa shape index (κ1) is 12.9. The Hall–Kier alpha value is -2.07. The smallest absolute Gasteiger partial charge is 0.207 e. The summed E-state index contributed by atoms with van der Waals surface area (Å²) in [5.41, 5.74) is 1.12. The van der Waals surface area contributed by atoms with Crippen LogP contribution in [-0.2, 0) is 0 Å². The summed E-state index contributed by atoms with van der Waals surface area (Å²) in [5.74, 6) is 0.886. The van der Waals surface area contributed by atoms with Crippen LogP contribution in [-0.4, -0.2) is 9.55 Å². The molecule has 0 aliphatic rings. The van der Waals surface area contributed by atoms with E-state index >= 15 is 0 Å². The highest BCUT2D eigenvalue weighted by Crippen LogP contribution is 2.26. The maximum atomic E-state index is 4.45. The minimum atomic E-state index is 0.305. The van der Waals surface area contributed by atoms with Gasteiger partial charge in [0.1, 0.15) is 0 Å². The molecule has 0 spiro atoms. The summed E-state index contributed by atoms with van der Waals surface area (Å²) in [6, 6.07) is 14.8. The van der Waals surface area contributed by atoms with Crippen molar-refractivity contribution in [2.45, 2.75) is 19.4 Å². The summed E-state index contributed by atoms with van der Waals surface area (Å²) in [4.78, 5) is 5.79. The third kappa shape index (κ3) is 2.60. The first-order chi connectivity index (χ1) is 9.88. The lowest BCUT2D eigenvalue weighted by molar-refractivity contribution is 0.748. The second-order valence-electron chi connectivity index (χ2n) is 4.58. The molecule has 1 atom stereocenters. The van der Waals surface area contributed by atoms with E-state index < -0.39 is 0 Å². The van der Waals surface area contributed by atoms with Gasteiger partial charge in [-0.05, 0) is 30.0 Å². The maximum Gasteiger partial charge on any atom is 0.207 e. The van der Waals surface area contributed by atoms with Gasteiger partial charge < -0.3 is 5.32 Å². The van der Waals surface area contributed by atoms with Crippen molar-refractivity contribution in [3.8, 4) is 5.69 Å². The van der Waals surface area contributed by atoms with Crippen LogP contribution in [0.4, 0.5) is 5.95 Å². The Morgan fingerprint density at radius 3 is 2.75 bits per heavy atom. The Bertz CT molecular complexity index is 643. The summed E-state index contributed by atoms with van der Waals surface area (Å²) in [5, 5.41) is 5.65. The molecule has 0 aliphatic carbocycles. The van der Waals surface area contributed by atoms with E-state index in [9.17, 15) is 0 Å². The van der Waals surface area contributed by atoms with E-state index in [-0.39, 0.29) is 0 Å². The van der Waals surface area contributed by atoms with Gasteiger partial charge in [-0.1, -0.05) is 31.2 Å². The van der Waals surface area contributed by atoms with Crippen LogP contribution in [0, 0.1) is 0 Å². The molecule has 0 saturated heterocycles. The molecule has 0 radical (unpaired) electrons. The molecule has 2 aromatic heterocycles. The van der Waals surface area contributed by atoms with Crippen LogP contribution >= 0.6 is 11.3 Å². The van der Waals surface area contributed by atoms with E-state index in [1.165, 1.54) is 4.88 Å². The van der Waals surface area contributed by atoms with Crippen LogP contribution in [0.25, 0.3) is 5.69 Å². The van der Waals surface area contributed by atoms with Gasteiger partial charge in [-0.25, -0.2) is 4.98 Å². The molecule has 0 saturated carbocycles. The van der Waals surface area contributed by atoms with Crippen molar-refractivity contribution < 1.29 is 0 Å². The molecule has 4 heteroatoms. The lowest BCUT2D eigenvalue weighted by atomic mass is 10.2. The number of rotatable bonds is 5. The van der Waals surface area contributed by atoms with Crippen LogP contribution < -0.4 is 5.32 Å². The number of benzene rings is 1. The Morgan fingerprint density at radius 1 is 1.20 bits per heavy atom. The average molecular weight is 283 g/mol. The van der Waals surface area contributed by atoms with Crippen LogP contribution in [0.3, 0.4) is 0 Å². The lowest BCUT2D eigenvalue weighted by Gasteiger charge is -2.17. The van der Waals surface area contributed by atoms with Crippen LogP contribution in [0.15, 0.2) is 60.2 Å². The average Bonchev–Trinajstić information content (AvgIpc) is 3.17. The predicted octanol–water partition coefficient (Wildman–Crippen LogP) is 4.50. The highest BCUT2D eigenvalue weighted by Gasteiger charge is 2.13. The molecule has 3 rings (SSSR count). The standard InChI is InChI=1S/C16H17N3S/c1-2-14(15-9-6-12-20-15)18-16-17-10-11-19(16)13-7-4-3-5-8-13/h3-12,14H,2H2,1H3,(H,17,18). The van der Waals surface area contributed by atoms with Crippen molar-refractivity contribution in [2.24, 2.45) is 0 Å². The largest absolute Gasteiger partial charge is 0.348 e. The number of aromatic nitrogens is 2. The molecule has 0 bridgehead atoms. The maximum absolute atomic E-state index is 4.45. The van der Waals surface area contributed by atoms with Gasteiger partial charge >= 0.3 is 0 Å². The van der Waals surface area contributed by atoms with E-state index in [0.29, 0.717) is 6.04 Å². The molecular formula is C16H17N3S. The predicted molar refractivity (Wildman–Crippen MR) is 84.5 cm³/mol. The van der Waals surface area contributed by atoms with E-state index in [1.54, 1.807) is 11.3 Å². The topological polar surface area (TPSA) is 29.9 Å². The summed E-state index contributed by atoms with van der Waals surface area (Å²) < 4.78 is 2.08. The highest BCUT2D eigenvalue weighted by atomic mass is 32.1. The summed E-state index contributed by atoms with van der Waals surface area (Å²) in [6.45, 7) is 2.19. The van der Waals surface area contributed by atoms with Gasteiger partial charge in [-0.3, -0.25) is 4.57 Å². The fourth-order valence-corrected chi connectivity index (χ4v) is 3.09. The monoisotopic (exact) mass is 283 g/mol. The zero-order valence-corrected chi connectivity index (χ0v) is 12.2. The quantitative estimate of drug-likeness (QED) is 0.747. The number of imidazole rings is 1. The van der Waals surface area contributed by atoms with Crippen LogP contribution in [0.5, 0.6) is 0 Å². The number of anilines is 1. The van der Waals surface area contributed by atoms with E-state index in [2.05, 4.69) is 51.4 Å². The van der Waals surface area contributed by atoms with E-state index in [1.807, 2.05) is 30.6 Å². The third-order valence-electron chi connectivity index (χ3n) is 3.27. The van der Waals surface area contributed by atoms with Gasteiger partial charge in [0.25, 0.3) is 0 Å². The Labute approximate surface area is 122 Å². The first-order valence-electron chi connectivity index (χ1n) is 6.77. The first-order valence-corrected chi connectivity index (χ1v) is 7.65. The van der Waals surface area contributed by atoms with Crippen molar-refractivity contribution in [3.05, 3.63) is 65.1 Å². The minimum absolute atomic E-state index is 0.305. The fraction of sp³-hybridized carbons (Fsp3) is 0.188. The Morgan fingerprint density at radius 2 is 2.05 bits per heavy atom. The van der Waals surface area contributed by atoms with Crippen molar-refractivity contribution in [3.63, 3.8) is 0 Å². The van der Waals surface area contributed by atoms with Gasteiger partial charge in [-0.15, -0.1) is 11.3 Å². The summed E-state index contributed by atoms with van der Waals surface area (Å²) >= 11 is 1.78. The Balaban J connectivity index is 1.87. The third-order valence-corrected chi connectivity index (χ3v) is 4.26. The van der Waals surface area contributed by atoms with Crippen LogP contribution in [0.1, 0.15) is 24.3 Å². The molecule has 2 heterocycles. The highest BCUT2D eigenvalue weighted by molar-refractivity contribution is 7.10.